The van der Waals surface area contributed by atoms with Gasteiger partial charge in [0.2, 0.25) is 0 Å². The molecule has 0 amide bonds. The Kier molecular flexibility index (Phi) is 6.88. The molecule has 2 N–H and O–H groups in total. The third-order valence-corrected chi connectivity index (χ3v) is 1.99. The van der Waals surface area contributed by atoms with Crippen LogP contribution < -0.4 is 11.3 Å². The van der Waals surface area contributed by atoms with Crippen LogP contribution in [0, 0.1) is 0 Å². The van der Waals surface area contributed by atoms with Crippen LogP contribution in [0.3, 0.4) is 0 Å². The number of rotatable bonds is 0. The summed E-state index contributed by atoms with van der Waals surface area (Å²) >= 11 is 0. The Morgan fingerprint density at radius 2 is 1.62 bits per heavy atom. The highest BCUT2D eigenvalue weighted by Crippen LogP contribution is 2.06. The molecule has 0 radical (unpaired) electrons. The molecule has 0 unspecified atom stereocenters. The summed E-state index contributed by atoms with van der Waals surface area (Å²) in [5, 5.41) is 1.78. The molecule has 88 valence electrons. The van der Waals surface area contributed by atoms with E-state index in [-0.39, 0.29) is 5.56 Å². The van der Waals surface area contributed by atoms with E-state index in [0.29, 0.717) is 0 Å². The van der Waals surface area contributed by atoms with Gasteiger partial charge >= 0.3 is 0 Å². The highest BCUT2D eigenvalue weighted by Gasteiger charge is 1.96. The molecule has 2 aromatic rings. The number of fused-ring (bicyclic) bond motifs is 1. The zero-order valence-corrected chi connectivity index (χ0v) is 10.4. The van der Waals surface area contributed by atoms with Crippen LogP contribution in [0.25, 0.3) is 10.8 Å². The van der Waals surface area contributed by atoms with Crippen LogP contribution in [-0.4, -0.2) is 11.6 Å². The molecule has 3 heteroatoms. The highest BCUT2D eigenvalue weighted by atomic mass is 16.1. The summed E-state index contributed by atoms with van der Waals surface area (Å²) < 4.78 is 1.59. The molecule has 16 heavy (non-hydrogen) atoms. The quantitative estimate of drug-likeness (QED) is 0.739. The highest BCUT2D eigenvalue weighted by molar-refractivity contribution is 5.81. The lowest BCUT2D eigenvalue weighted by molar-refractivity contribution is 0.873. The number of hydrogen-bond donors (Lipinski definition) is 1. The van der Waals surface area contributed by atoms with Crippen molar-refractivity contribution >= 4 is 10.8 Å². The monoisotopic (exact) mass is 220 g/mol. The van der Waals surface area contributed by atoms with Crippen LogP contribution in [-0.2, 0) is 7.05 Å². The molecule has 0 fully saturated rings. The molecule has 1 aromatic heterocycles. The number of nitrogens with two attached hydrogens (primary N) is 1. The lowest BCUT2D eigenvalue weighted by atomic mass is 10.2. The maximum Gasteiger partial charge on any atom is 0.258 e. The summed E-state index contributed by atoms with van der Waals surface area (Å²) in [6.07, 6.45) is 1.78. The molecule has 0 spiro atoms. The number of nitrogens with zero attached hydrogens (tertiary/aromatic N) is 1. The fraction of sp³-hybridized carbons (Fsp3) is 0.308. The van der Waals surface area contributed by atoms with Gasteiger partial charge in [-0.3, -0.25) is 4.79 Å². The van der Waals surface area contributed by atoms with Crippen molar-refractivity contribution in [3.05, 3.63) is 46.9 Å². The number of benzene rings is 1. The molecular weight excluding hydrogens is 200 g/mol. The predicted octanol–water partition coefficient (Wildman–Crippen LogP) is 2.14. The van der Waals surface area contributed by atoms with Gasteiger partial charge in [-0.2, -0.15) is 0 Å². The summed E-state index contributed by atoms with van der Waals surface area (Å²) in [5.74, 6) is 0. The Bertz CT molecular complexity index is 475. The molecule has 0 aliphatic heterocycles. The predicted molar refractivity (Wildman–Crippen MR) is 70.6 cm³/mol. The van der Waals surface area contributed by atoms with Gasteiger partial charge in [0.05, 0.1) is 0 Å². The van der Waals surface area contributed by atoms with Crippen molar-refractivity contribution in [3.63, 3.8) is 0 Å². The Morgan fingerprint density at radius 1 is 1.06 bits per heavy atom. The minimum Gasteiger partial charge on any atom is -0.333 e. The normalized spacial score (nSPS) is 8.56. The summed E-state index contributed by atoms with van der Waals surface area (Å²) in [4.78, 5) is 11.5. The third kappa shape index (κ3) is 3.21. The van der Waals surface area contributed by atoms with Crippen LogP contribution in [0.4, 0.5) is 0 Å². The average Bonchev–Trinajstić information content (AvgIpc) is 2.39. The Labute approximate surface area is 96.5 Å². The third-order valence-electron chi connectivity index (χ3n) is 1.99. The molecule has 0 saturated heterocycles. The van der Waals surface area contributed by atoms with Crippen molar-refractivity contribution in [2.45, 2.75) is 13.8 Å². The molecule has 0 bridgehead atoms. The molecule has 2 rings (SSSR count). The summed E-state index contributed by atoms with van der Waals surface area (Å²) in [6, 6.07) is 9.54. The van der Waals surface area contributed by atoms with Gasteiger partial charge in [-0.15, -0.1) is 0 Å². The van der Waals surface area contributed by atoms with Crippen LogP contribution in [0.1, 0.15) is 13.8 Å². The first kappa shape index (κ1) is 14.4. The minimum atomic E-state index is 0.0631. The second kappa shape index (κ2) is 7.65. The minimum absolute atomic E-state index is 0.0631. The Balaban J connectivity index is 0.000000509. The van der Waals surface area contributed by atoms with Gasteiger partial charge in [-0.05, 0) is 24.6 Å². The van der Waals surface area contributed by atoms with E-state index in [1.54, 1.807) is 17.8 Å². The Hall–Kier alpha value is -1.61. The molecule has 1 aromatic carbocycles. The van der Waals surface area contributed by atoms with Crippen LogP contribution in [0.5, 0.6) is 0 Å². The van der Waals surface area contributed by atoms with Gasteiger partial charge in [0, 0.05) is 18.6 Å². The fourth-order valence-electron chi connectivity index (χ4n) is 1.29. The van der Waals surface area contributed by atoms with E-state index < -0.39 is 0 Å². The summed E-state index contributed by atoms with van der Waals surface area (Å²) in [7, 11) is 3.26. The first-order valence-corrected chi connectivity index (χ1v) is 5.41. The van der Waals surface area contributed by atoms with Crippen LogP contribution in [0.2, 0.25) is 0 Å². The second-order valence-corrected chi connectivity index (χ2v) is 2.82. The van der Waals surface area contributed by atoms with Gasteiger partial charge in [0.25, 0.3) is 5.56 Å². The molecule has 3 nitrogen and oxygen atoms in total. The van der Waals surface area contributed by atoms with E-state index in [1.165, 1.54) is 7.05 Å². The van der Waals surface area contributed by atoms with Crippen molar-refractivity contribution in [2.24, 2.45) is 12.8 Å². The summed E-state index contributed by atoms with van der Waals surface area (Å²) in [6.45, 7) is 4.00. The van der Waals surface area contributed by atoms with Crippen molar-refractivity contribution in [1.29, 1.82) is 0 Å². The maximum absolute atomic E-state index is 11.5. The van der Waals surface area contributed by atoms with Gasteiger partial charge in [-0.1, -0.05) is 32.0 Å². The van der Waals surface area contributed by atoms with E-state index in [4.69, 9.17) is 0 Å². The van der Waals surface area contributed by atoms with Crippen LogP contribution in [0.15, 0.2) is 41.3 Å². The van der Waals surface area contributed by atoms with Crippen molar-refractivity contribution in [1.82, 2.24) is 4.57 Å². The van der Waals surface area contributed by atoms with E-state index in [2.05, 4.69) is 5.73 Å². The van der Waals surface area contributed by atoms with Gasteiger partial charge in [0.1, 0.15) is 0 Å². The number of aryl methyl sites for hydroxylation is 1. The zero-order chi connectivity index (χ0) is 12.6. The second-order valence-electron chi connectivity index (χ2n) is 2.82. The molecule has 0 aliphatic rings. The number of hydrogen-bond acceptors (Lipinski definition) is 2. The standard InChI is InChI=1S/C10H9NO.C2H6.CH5N/c1-11-7-6-8-4-2-3-5-9(8)10(11)12;2*1-2/h2-7H,1H3;1-2H3;2H2,1H3. The van der Waals surface area contributed by atoms with E-state index in [9.17, 15) is 4.79 Å². The SMILES string of the molecule is CC.CN.Cn1ccc2ccccc2c1=O. The van der Waals surface area contributed by atoms with Gasteiger partial charge in [0.15, 0.2) is 0 Å². The molecule has 0 atom stereocenters. The van der Waals surface area contributed by atoms with Crippen LogP contribution >= 0.6 is 0 Å². The zero-order valence-electron chi connectivity index (χ0n) is 10.4. The topological polar surface area (TPSA) is 48.0 Å². The first-order valence-electron chi connectivity index (χ1n) is 5.41. The van der Waals surface area contributed by atoms with E-state index in [0.717, 1.165) is 10.8 Å². The molecule has 0 aliphatic carbocycles. The number of pyridine rings is 1. The molecule has 0 saturated carbocycles. The smallest absolute Gasteiger partial charge is 0.258 e. The first-order chi connectivity index (χ1) is 7.79. The summed E-state index contributed by atoms with van der Waals surface area (Å²) in [5.41, 5.74) is 4.56. The fourth-order valence-corrected chi connectivity index (χ4v) is 1.29. The lowest BCUT2D eigenvalue weighted by Crippen LogP contribution is -2.15. The average molecular weight is 220 g/mol. The maximum atomic E-state index is 11.5. The van der Waals surface area contributed by atoms with Gasteiger partial charge < -0.3 is 10.3 Å². The lowest BCUT2D eigenvalue weighted by Gasteiger charge is -1.98. The van der Waals surface area contributed by atoms with Crippen molar-refractivity contribution in [2.75, 3.05) is 7.05 Å². The Morgan fingerprint density at radius 3 is 2.25 bits per heavy atom. The van der Waals surface area contributed by atoms with Crippen molar-refractivity contribution in [3.8, 4) is 0 Å². The van der Waals surface area contributed by atoms with Crippen molar-refractivity contribution < 1.29 is 0 Å². The largest absolute Gasteiger partial charge is 0.333 e. The van der Waals surface area contributed by atoms with E-state index in [1.807, 2.05) is 44.2 Å². The van der Waals surface area contributed by atoms with E-state index >= 15 is 0 Å². The molecule has 1 heterocycles. The molecular formula is C13H20N2O. The van der Waals surface area contributed by atoms with Gasteiger partial charge in [-0.25, -0.2) is 0 Å². The number of aromatic nitrogens is 1.